The first-order valence-electron chi connectivity index (χ1n) is 4.22. The molecule has 2 aliphatic rings. The minimum atomic E-state index is -2.96. The Hall–Kier alpha value is -0.130. The zero-order valence-electron chi connectivity index (χ0n) is 7.21. The first kappa shape index (κ1) is 8.47. The summed E-state index contributed by atoms with van der Waals surface area (Å²) in [5.74, 6) is 0. The second kappa shape index (κ2) is 2.43. The van der Waals surface area contributed by atoms with Gasteiger partial charge in [-0.1, -0.05) is 0 Å². The Balaban J connectivity index is 2.09. The molecule has 0 aromatic heterocycles. The van der Waals surface area contributed by atoms with Crippen molar-refractivity contribution in [2.45, 2.75) is 18.4 Å². The van der Waals surface area contributed by atoms with E-state index < -0.39 is 10.0 Å². The van der Waals surface area contributed by atoms with Gasteiger partial charge in [0, 0.05) is 25.2 Å². The molecule has 1 N–H and O–H groups in total. The average Bonchev–Trinajstić information content (AvgIpc) is 2.68. The van der Waals surface area contributed by atoms with Crippen molar-refractivity contribution in [1.29, 1.82) is 0 Å². The number of rotatable bonds is 1. The first-order valence-corrected chi connectivity index (χ1v) is 6.07. The number of nitrogens with zero attached hydrogens (tertiary/aromatic N) is 1. The Morgan fingerprint density at radius 2 is 2.08 bits per heavy atom. The van der Waals surface area contributed by atoms with Gasteiger partial charge in [-0.15, -0.1) is 0 Å². The standard InChI is InChI=1S/C7H14N2O2S/c1-12(10,11)9-5-4-8-7(6-9)2-3-7/h8H,2-6H2,1H3. The molecule has 0 aromatic rings. The Morgan fingerprint density at radius 3 is 2.58 bits per heavy atom. The summed E-state index contributed by atoms with van der Waals surface area (Å²) in [6, 6.07) is 0. The molecular weight excluding hydrogens is 176 g/mol. The van der Waals surface area contributed by atoms with E-state index in [9.17, 15) is 8.42 Å². The minimum absolute atomic E-state index is 0.154. The predicted molar refractivity (Wildman–Crippen MR) is 46.4 cm³/mol. The van der Waals surface area contributed by atoms with Crippen LogP contribution in [0.1, 0.15) is 12.8 Å². The van der Waals surface area contributed by atoms with Gasteiger partial charge < -0.3 is 5.32 Å². The van der Waals surface area contributed by atoms with Crippen LogP contribution < -0.4 is 5.32 Å². The number of nitrogens with one attached hydrogen (secondary N) is 1. The zero-order chi connectivity index (χ0) is 8.82. The largest absolute Gasteiger partial charge is 0.309 e. The maximum atomic E-state index is 11.2. The molecule has 0 unspecified atom stereocenters. The van der Waals surface area contributed by atoms with Crippen molar-refractivity contribution in [1.82, 2.24) is 9.62 Å². The highest BCUT2D eigenvalue weighted by Crippen LogP contribution is 2.37. The Kier molecular flexibility index (Phi) is 1.72. The smallest absolute Gasteiger partial charge is 0.211 e. The molecule has 5 heteroatoms. The van der Waals surface area contributed by atoms with Gasteiger partial charge in [0.15, 0.2) is 0 Å². The summed E-state index contributed by atoms with van der Waals surface area (Å²) < 4.78 is 24.0. The van der Waals surface area contributed by atoms with Crippen molar-refractivity contribution >= 4 is 10.0 Å². The highest BCUT2D eigenvalue weighted by molar-refractivity contribution is 7.88. The molecular formula is C7H14N2O2S. The van der Waals surface area contributed by atoms with Crippen molar-refractivity contribution in [3.63, 3.8) is 0 Å². The topological polar surface area (TPSA) is 49.4 Å². The second-order valence-corrected chi connectivity index (χ2v) is 5.79. The molecule has 1 saturated carbocycles. The maximum absolute atomic E-state index is 11.2. The Labute approximate surface area is 73.0 Å². The van der Waals surface area contributed by atoms with E-state index >= 15 is 0 Å². The van der Waals surface area contributed by atoms with E-state index in [1.165, 1.54) is 6.26 Å². The summed E-state index contributed by atoms with van der Waals surface area (Å²) in [6.07, 6.45) is 3.53. The van der Waals surface area contributed by atoms with Crippen LogP contribution in [0.2, 0.25) is 0 Å². The second-order valence-electron chi connectivity index (χ2n) is 3.80. The molecule has 1 heterocycles. The fraction of sp³-hybridized carbons (Fsp3) is 1.00. The van der Waals surface area contributed by atoms with Gasteiger partial charge in [0.1, 0.15) is 0 Å². The van der Waals surface area contributed by atoms with Crippen LogP contribution in [0.3, 0.4) is 0 Å². The molecule has 4 nitrogen and oxygen atoms in total. The van der Waals surface area contributed by atoms with Crippen LogP contribution in [-0.4, -0.2) is 44.2 Å². The van der Waals surface area contributed by atoms with Crippen LogP contribution in [0.4, 0.5) is 0 Å². The van der Waals surface area contributed by atoms with E-state index in [2.05, 4.69) is 5.32 Å². The van der Waals surface area contributed by atoms with E-state index in [1.807, 2.05) is 0 Å². The molecule has 0 bridgehead atoms. The van der Waals surface area contributed by atoms with E-state index in [4.69, 9.17) is 0 Å². The molecule has 2 rings (SSSR count). The molecule has 70 valence electrons. The summed E-state index contributed by atoms with van der Waals surface area (Å²) in [5, 5.41) is 3.37. The molecule has 1 aliphatic carbocycles. The lowest BCUT2D eigenvalue weighted by atomic mass is 10.2. The lowest BCUT2D eigenvalue weighted by Gasteiger charge is -2.32. The quantitative estimate of drug-likeness (QED) is 0.600. The van der Waals surface area contributed by atoms with Crippen LogP contribution in [0.15, 0.2) is 0 Å². The number of hydrogen-bond acceptors (Lipinski definition) is 3. The van der Waals surface area contributed by atoms with Gasteiger partial charge in [0.2, 0.25) is 10.0 Å². The fourth-order valence-corrected chi connectivity index (χ4v) is 2.59. The number of piperazine rings is 1. The predicted octanol–water partition coefficient (Wildman–Crippen LogP) is -0.616. The third-order valence-corrected chi connectivity index (χ3v) is 3.91. The zero-order valence-corrected chi connectivity index (χ0v) is 8.02. The first-order chi connectivity index (χ1) is 5.52. The van der Waals surface area contributed by atoms with Crippen molar-refractivity contribution in [3.8, 4) is 0 Å². The van der Waals surface area contributed by atoms with Gasteiger partial charge in [0.05, 0.1) is 6.26 Å². The van der Waals surface area contributed by atoms with Crippen LogP contribution in [0.5, 0.6) is 0 Å². The van der Waals surface area contributed by atoms with Crippen LogP contribution >= 0.6 is 0 Å². The SMILES string of the molecule is CS(=O)(=O)N1CCNC2(CC2)C1. The van der Waals surface area contributed by atoms with E-state index in [0.717, 1.165) is 19.4 Å². The third kappa shape index (κ3) is 1.48. The van der Waals surface area contributed by atoms with Gasteiger partial charge >= 0.3 is 0 Å². The van der Waals surface area contributed by atoms with Gasteiger partial charge in [0.25, 0.3) is 0 Å². The van der Waals surface area contributed by atoms with Gasteiger partial charge in [-0.3, -0.25) is 0 Å². The van der Waals surface area contributed by atoms with Crippen LogP contribution in [0, 0.1) is 0 Å². The molecule has 0 radical (unpaired) electrons. The molecule has 1 saturated heterocycles. The number of hydrogen-bond donors (Lipinski definition) is 1. The molecule has 1 spiro atoms. The minimum Gasteiger partial charge on any atom is -0.309 e. The van der Waals surface area contributed by atoms with Gasteiger partial charge in [-0.25, -0.2) is 8.42 Å². The maximum Gasteiger partial charge on any atom is 0.211 e. The molecule has 0 atom stereocenters. The average molecular weight is 190 g/mol. The molecule has 12 heavy (non-hydrogen) atoms. The van der Waals surface area contributed by atoms with Gasteiger partial charge in [-0.2, -0.15) is 4.31 Å². The Bertz CT molecular complexity index is 282. The van der Waals surface area contributed by atoms with Crippen molar-refractivity contribution in [3.05, 3.63) is 0 Å². The van der Waals surface area contributed by atoms with E-state index in [-0.39, 0.29) is 5.54 Å². The number of sulfonamides is 1. The lowest BCUT2D eigenvalue weighted by Crippen LogP contribution is -2.53. The highest BCUT2D eigenvalue weighted by atomic mass is 32.2. The summed E-state index contributed by atoms with van der Waals surface area (Å²) in [4.78, 5) is 0. The summed E-state index contributed by atoms with van der Waals surface area (Å²) in [6.45, 7) is 2.10. The van der Waals surface area contributed by atoms with Crippen LogP contribution in [-0.2, 0) is 10.0 Å². The lowest BCUT2D eigenvalue weighted by molar-refractivity contribution is 0.286. The highest BCUT2D eigenvalue weighted by Gasteiger charge is 2.47. The van der Waals surface area contributed by atoms with E-state index in [1.54, 1.807) is 4.31 Å². The Morgan fingerprint density at radius 1 is 1.42 bits per heavy atom. The molecule has 1 aliphatic heterocycles. The fourth-order valence-electron chi connectivity index (χ4n) is 1.69. The summed E-state index contributed by atoms with van der Waals surface area (Å²) in [5.41, 5.74) is 0.154. The van der Waals surface area contributed by atoms with Crippen molar-refractivity contribution < 1.29 is 8.42 Å². The normalized spacial score (nSPS) is 29.1. The van der Waals surface area contributed by atoms with Crippen molar-refractivity contribution in [2.75, 3.05) is 25.9 Å². The van der Waals surface area contributed by atoms with Gasteiger partial charge in [-0.05, 0) is 12.8 Å². The summed E-state index contributed by atoms with van der Waals surface area (Å²) >= 11 is 0. The van der Waals surface area contributed by atoms with Crippen LogP contribution in [0.25, 0.3) is 0 Å². The monoisotopic (exact) mass is 190 g/mol. The molecule has 2 fully saturated rings. The van der Waals surface area contributed by atoms with Crippen molar-refractivity contribution in [2.24, 2.45) is 0 Å². The molecule has 0 aromatic carbocycles. The third-order valence-electron chi connectivity index (χ3n) is 2.66. The summed E-state index contributed by atoms with van der Waals surface area (Å²) in [7, 11) is -2.96. The van der Waals surface area contributed by atoms with E-state index in [0.29, 0.717) is 13.1 Å². The molecule has 0 amide bonds.